The number of ketones is 1. The maximum atomic E-state index is 13.3. The number of aliphatic hydroxyl groups is 1. The molecule has 168 valence electrons. The number of carbonyl (C=O) groups excluding carboxylic acids is 2. The number of aromatic nitrogens is 3. The Kier molecular flexibility index (Phi) is 4.25. The van der Waals surface area contributed by atoms with Gasteiger partial charge in [-0.1, -0.05) is 18.2 Å². The summed E-state index contributed by atoms with van der Waals surface area (Å²) in [5.74, 6) is -1.33. The zero-order valence-corrected chi connectivity index (χ0v) is 18.4. The molecule has 0 spiro atoms. The van der Waals surface area contributed by atoms with Gasteiger partial charge in [0.25, 0.3) is 5.78 Å². The fourth-order valence-electron chi connectivity index (χ4n) is 4.55. The number of rotatable bonds is 3. The first-order valence-corrected chi connectivity index (χ1v) is 10.8. The second kappa shape index (κ2) is 7.21. The van der Waals surface area contributed by atoms with Crippen LogP contribution in [0.25, 0.3) is 27.7 Å². The van der Waals surface area contributed by atoms with Gasteiger partial charge in [-0.15, -0.1) is 0 Å². The molecule has 1 aliphatic heterocycles. The lowest BCUT2D eigenvalue weighted by Gasteiger charge is -2.20. The Hall–Kier alpha value is -4.59. The van der Waals surface area contributed by atoms with Crippen LogP contribution in [-0.4, -0.2) is 31.7 Å². The van der Waals surface area contributed by atoms with Crippen LogP contribution in [0.5, 0.6) is 0 Å². The number of anilines is 1. The van der Waals surface area contributed by atoms with Gasteiger partial charge >= 0.3 is 5.91 Å². The summed E-state index contributed by atoms with van der Waals surface area (Å²) >= 11 is 0. The fraction of sp³-hybridized carbons (Fsp3) is 0.115. The Balaban J connectivity index is 1.57. The molecule has 1 atom stereocenters. The van der Waals surface area contributed by atoms with Crippen molar-refractivity contribution in [2.45, 2.75) is 19.9 Å². The van der Waals surface area contributed by atoms with E-state index in [4.69, 9.17) is 4.42 Å². The van der Waals surface area contributed by atoms with Crippen LogP contribution in [0.4, 0.5) is 5.95 Å². The maximum Gasteiger partial charge on any atom is 0.302 e. The SMILES string of the molecule is Cc1cc2nc(N3C(=O)C(=O)/C(=C(/O)c4c[nH]c5ccccc45)C3c3ccco3)[nH]c2cc1C. The number of nitrogens with zero attached hydrogens (tertiary/aromatic N) is 2. The molecule has 1 unspecified atom stereocenters. The van der Waals surface area contributed by atoms with Crippen molar-refractivity contribution in [2.24, 2.45) is 0 Å². The van der Waals surface area contributed by atoms with Gasteiger partial charge in [0.05, 0.1) is 22.9 Å². The van der Waals surface area contributed by atoms with Crippen molar-refractivity contribution in [3.8, 4) is 0 Å². The average Bonchev–Trinajstić information content (AvgIpc) is 3.60. The van der Waals surface area contributed by atoms with Crippen molar-refractivity contribution in [3.05, 3.63) is 89.0 Å². The molecule has 2 aromatic carbocycles. The predicted octanol–water partition coefficient (Wildman–Crippen LogP) is 4.88. The number of hydrogen-bond donors (Lipinski definition) is 3. The molecule has 0 bridgehead atoms. The standard InChI is InChI=1S/C26H20N4O4/c1-13-10-18-19(11-14(13)2)29-26(28-18)30-22(20-8-5-9-34-20)21(24(32)25(30)33)23(31)16-12-27-17-7-4-3-6-15(16)17/h3-12,22,27,31H,1-2H3,(H,28,29)/b23-21+. The first kappa shape index (κ1) is 20.0. The van der Waals surface area contributed by atoms with E-state index >= 15 is 0 Å². The number of aromatic amines is 2. The van der Waals surface area contributed by atoms with Gasteiger partial charge < -0.3 is 19.5 Å². The highest BCUT2D eigenvalue weighted by Gasteiger charge is 2.49. The number of imidazole rings is 1. The maximum absolute atomic E-state index is 13.3. The Morgan fingerprint density at radius 3 is 2.65 bits per heavy atom. The molecule has 1 fully saturated rings. The van der Waals surface area contributed by atoms with E-state index in [-0.39, 0.29) is 17.3 Å². The molecule has 8 heteroatoms. The molecule has 6 rings (SSSR count). The third-order valence-corrected chi connectivity index (χ3v) is 6.41. The summed E-state index contributed by atoms with van der Waals surface area (Å²) in [5.41, 5.74) is 4.74. The number of nitrogens with one attached hydrogen (secondary N) is 2. The highest BCUT2D eigenvalue weighted by atomic mass is 16.3. The van der Waals surface area contributed by atoms with Crippen LogP contribution in [0, 0.1) is 13.8 Å². The Morgan fingerprint density at radius 2 is 1.85 bits per heavy atom. The summed E-state index contributed by atoms with van der Waals surface area (Å²) in [6.45, 7) is 3.98. The summed E-state index contributed by atoms with van der Waals surface area (Å²) in [6, 6.07) is 13.7. The first-order valence-electron chi connectivity index (χ1n) is 10.8. The number of fused-ring (bicyclic) bond motifs is 2. The van der Waals surface area contributed by atoms with E-state index in [1.807, 2.05) is 50.2 Å². The number of H-pyrrole nitrogens is 2. The number of hydrogen-bond acceptors (Lipinski definition) is 5. The van der Waals surface area contributed by atoms with Gasteiger partial charge in [-0.25, -0.2) is 4.98 Å². The molecular formula is C26H20N4O4. The topological polar surface area (TPSA) is 115 Å². The number of carbonyl (C=O) groups is 2. The number of benzene rings is 2. The number of aryl methyl sites for hydroxylation is 2. The van der Waals surface area contributed by atoms with Crippen molar-refractivity contribution < 1.29 is 19.1 Å². The number of furan rings is 1. The van der Waals surface area contributed by atoms with Crippen LogP contribution < -0.4 is 4.90 Å². The third kappa shape index (κ3) is 2.82. The molecular weight excluding hydrogens is 432 g/mol. The lowest BCUT2D eigenvalue weighted by atomic mass is 9.99. The molecule has 0 saturated carbocycles. The quantitative estimate of drug-likeness (QED) is 0.205. The van der Waals surface area contributed by atoms with E-state index in [2.05, 4.69) is 15.0 Å². The van der Waals surface area contributed by atoms with Gasteiger partial charge in [-0.3, -0.25) is 14.5 Å². The van der Waals surface area contributed by atoms with Crippen molar-refractivity contribution in [1.82, 2.24) is 15.0 Å². The number of para-hydroxylation sites is 1. The minimum Gasteiger partial charge on any atom is -0.507 e. The lowest BCUT2D eigenvalue weighted by Crippen LogP contribution is -2.30. The van der Waals surface area contributed by atoms with Gasteiger partial charge in [0.2, 0.25) is 5.95 Å². The highest BCUT2D eigenvalue weighted by molar-refractivity contribution is 6.51. The van der Waals surface area contributed by atoms with Crippen molar-refractivity contribution in [1.29, 1.82) is 0 Å². The minimum atomic E-state index is -0.980. The van der Waals surface area contributed by atoms with Gasteiger partial charge in [-0.05, 0) is 55.3 Å². The van der Waals surface area contributed by atoms with E-state index in [0.717, 1.165) is 27.5 Å². The molecule has 4 heterocycles. The number of aliphatic hydroxyl groups excluding tert-OH is 1. The summed E-state index contributed by atoms with van der Waals surface area (Å²) in [4.78, 5) is 38.7. The molecule has 3 N–H and O–H groups in total. The van der Waals surface area contributed by atoms with Crippen molar-refractivity contribution in [2.75, 3.05) is 4.90 Å². The zero-order chi connectivity index (χ0) is 23.6. The summed E-state index contributed by atoms with van der Waals surface area (Å²) < 4.78 is 5.62. The second-order valence-electron chi connectivity index (χ2n) is 8.45. The molecule has 1 aliphatic rings. The van der Waals surface area contributed by atoms with Crippen LogP contribution in [0.3, 0.4) is 0 Å². The van der Waals surface area contributed by atoms with Gasteiger partial charge in [0.1, 0.15) is 17.6 Å². The molecule has 5 aromatic rings. The molecule has 0 radical (unpaired) electrons. The van der Waals surface area contributed by atoms with E-state index < -0.39 is 17.7 Å². The van der Waals surface area contributed by atoms with E-state index in [1.54, 1.807) is 18.3 Å². The van der Waals surface area contributed by atoms with Gasteiger partial charge in [-0.2, -0.15) is 0 Å². The largest absolute Gasteiger partial charge is 0.507 e. The zero-order valence-electron chi connectivity index (χ0n) is 18.4. The summed E-state index contributed by atoms with van der Waals surface area (Å²) in [7, 11) is 0. The Bertz CT molecular complexity index is 1600. The number of amides is 1. The molecule has 0 aliphatic carbocycles. The monoisotopic (exact) mass is 452 g/mol. The van der Waals surface area contributed by atoms with Crippen LogP contribution in [0.2, 0.25) is 0 Å². The van der Waals surface area contributed by atoms with Gasteiger partial charge in [0.15, 0.2) is 0 Å². The predicted molar refractivity (Wildman–Crippen MR) is 127 cm³/mol. The Morgan fingerprint density at radius 1 is 1.06 bits per heavy atom. The van der Waals surface area contributed by atoms with Crippen molar-refractivity contribution in [3.63, 3.8) is 0 Å². The van der Waals surface area contributed by atoms with Crippen LogP contribution >= 0.6 is 0 Å². The van der Waals surface area contributed by atoms with Crippen LogP contribution in [0.1, 0.15) is 28.5 Å². The van der Waals surface area contributed by atoms with E-state index in [0.29, 0.717) is 16.8 Å². The van der Waals surface area contributed by atoms with Crippen molar-refractivity contribution >= 4 is 45.3 Å². The van der Waals surface area contributed by atoms with Crippen LogP contribution in [-0.2, 0) is 9.59 Å². The normalized spacial score (nSPS) is 17.9. The third-order valence-electron chi connectivity index (χ3n) is 6.41. The number of Topliss-reactive ketones (excluding diaryl/α,β-unsaturated/α-hetero) is 1. The molecule has 34 heavy (non-hydrogen) atoms. The van der Waals surface area contributed by atoms with E-state index in [9.17, 15) is 14.7 Å². The Labute approximate surface area is 193 Å². The van der Waals surface area contributed by atoms with E-state index in [1.165, 1.54) is 11.2 Å². The highest BCUT2D eigenvalue weighted by Crippen LogP contribution is 2.42. The minimum absolute atomic E-state index is 0.0579. The second-order valence-corrected chi connectivity index (χ2v) is 8.45. The fourth-order valence-corrected chi connectivity index (χ4v) is 4.55. The molecule has 1 saturated heterocycles. The molecule has 8 nitrogen and oxygen atoms in total. The molecule has 3 aromatic heterocycles. The summed E-state index contributed by atoms with van der Waals surface area (Å²) in [5, 5.41) is 12.1. The average molecular weight is 452 g/mol. The smallest absolute Gasteiger partial charge is 0.302 e. The van der Waals surface area contributed by atoms with Gasteiger partial charge in [0, 0.05) is 22.7 Å². The first-order chi connectivity index (χ1) is 16.4. The lowest BCUT2D eigenvalue weighted by molar-refractivity contribution is -0.132. The molecule has 1 amide bonds. The van der Waals surface area contributed by atoms with Crippen LogP contribution in [0.15, 0.2) is 71.0 Å². The summed E-state index contributed by atoms with van der Waals surface area (Å²) in [6.07, 6.45) is 3.09.